The minimum Gasteiger partial charge on any atom is -0.0848 e. The van der Waals surface area contributed by atoms with Crippen LogP contribution >= 0.6 is 0 Å². The van der Waals surface area contributed by atoms with Crippen molar-refractivity contribution >= 4 is 18.4 Å². The first-order valence-electron chi connectivity index (χ1n) is 9.13. The summed E-state index contributed by atoms with van der Waals surface area (Å²) in [6, 6.07) is 21.8. The summed E-state index contributed by atoms with van der Waals surface area (Å²) in [7, 11) is -2.11. The van der Waals surface area contributed by atoms with Crippen LogP contribution in [0, 0.1) is 0 Å². The summed E-state index contributed by atoms with van der Waals surface area (Å²) >= 11 is 0. The first-order valence-corrected chi connectivity index (χ1v) is 11.3. The number of benzene rings is 2. The molecule has 0 aliphatic rings. The van der Waals surface area contributed by atoms with Crippen molar-refractivity contribution in [2.45, 2.75) is 26.7 Å². The molecule has 0 unspecified atom stereocenters. The van der Waals surface area contributed by atoms with Gasteiger partial charge in [-0.3, -0.25) is 0 Å². The molecule has 0 amide bonds. The lowest BCUT2D eigenvalue weighted by molar-refractivity contribution is 1.22. The Balaban J connectivity index is 2.60. The van der Waals surface area contributed by atoms with Gasteiger partial charge in [0.15, 0.2) is 8.07 Å². The molecule has 0 radical (unpaired) electrons. The van der Waals surface area contributed by atoms with Gasteiger partial charge < -0.3 is 0 Å². The van der Waals surface area contributed by atoms with Crippen molar-refractivity contribution in [3.63, 3.8) is 0 Å². The van der Waals surface area contributed by atoms with E-state index in [-0.39, 0.29) is 0 Å². The Labute approximate surface area is 153 Å². The lowest BCUT2D eigenvalue weighted by Crippen LogP contribution is -2.55. The number of hydrogen-bond acceptors (Lipinski definition) is 0. The van der Waals surface area contributed by atoms with E-state index in [9.17, 15) is 0 Å². The maximum Gasteiger partial charge on any atom is 0.165 e. The highest BCUT2D eigenvalue weighted by molar-refractivity contribution is 7.09. The van der Waals surface area contributed by atoms with Gasteiger partial charge in [-0.25, -0.2) is 0 Å². The minimum atomic E-state index is -2.11. The second-order valence-corrected chi connectivity index (χ2v) is 9.55. The number of allylic oxidation sites excluding steroid dienone is 6. The molecule has 1 heteroatoms. The largest absolute Gasteiger partial charge is 0.165 e. The maximum atomic E-state index is 2.43. The summed E-state index contributed by atoms with van der Waals surface area (Å²) in [4.78, 5) is 0. The van der Waals surface area contributed by atoms with Crippen LogP contribution in [-0.2, 0) is 0 Å². The zero-order chi connectivity index (χ0) is 17.8. The Morgan fingerprint density at radius 3 is 1.36 bits per heavy atom. The first kappa shape index (κ1) is 18.9. The molecule has 0 aliphatic heterocycles. The molecule has 0 atom stereocenters. The lowest BCUT2D eigenvalue weighted by atomic mass is 10.4. The molecule has 2 rings (SSSR count). The van der Waals surface area contributed by atoms with Gasteiger partial charge >= 0.3 is 0 Å². The van der Waals surface area contributed by atoms with Crippen LogP contribution in [0.5, 0.6) is 0 Å². The van der Waals surface area contributed by atoms with Gasteiger partial charge in [-0.2, -0.15) is 0 Å². The van der Waals surface area contributed by atoms with Crippen LogP contribution in [0.25, 0.3) is 0 Å². The molecule has 2 aromatic carbocycles. The van der Waals surface area contributed by atoms with Crippen LogP contribution in [0.2, 0.25) is 0 Å². The summed E-state index contributed by atoms with van der Waals surface area (Å²) < 4.78 is 0. The van der Waals surface area contributed by atoms with Crippen molar-refractivity contribution in [2.24, 2.45) is 0 Å². The zero-order valence-corrected chi connectivity index (χ0v) is 16.3. The third-order valence-electron chi connectivity index (χ3n) is 4.19. The van der Waals surface area contributed by atoms with E-state index in [1.807, 2.05) is 0 Å². The summed E-state index contributed by atoms with van der Waals surface area (Å²) in [6.07, 6.45) is 15.3. The molecule has 0 bridgehead atoms. The third-order valence-corrected chi connectivity index (χ3v) is 8.20. The Kier molecular flexibility index (Phi) is 7.94. The molecular formula is C24H28Si. The molecule has 128 valence electrons. The Morgan fingerprint density at radius 2 is 1.00 bits per heavy atom. The van der Waals surface area contributed by atoms with Crippen molar-refractivity contribution in [1.29, 1.82) is 0 Å². The number of hydrogen-bond donors (Lipinski definition) is 0. The highest BCUT2D eigenvalue weighted by atomic mass is 28.3. The predicted octanol–water partition coefficient (Wildman–Crippen LogP) is 5.37. The summed E-state index contributed by atoms with van der Waals surface area (Å²) in [6.45, 7) is 4.33. The molecule has 0 saturated heterocycles. The Hall–Kier alpha value is -2.38. The van der Waals surface area contributed by atoms with Crippen molar-refractivity contribution in [1.82, 2.24) is 0 Å². The lowest BCUT2D eigenvalue weighted by Gasteiger charge is -2.26. The third kappa shape index (κ3) is 5.30. The van der Waals surface area contributed by atoms with E-state index in [2.05, 4.69) is 122 Å². The fraction of sp³-hybridized carbons (Fsp3) is 0.167. The molecule has 0 aliphatic carbocycles. The van der Waals surface area contributed by atoms with Gasteiger partial charge in [0.05, 0.1) is 0 Å². The molecule has 0 saturated carbocycles. The first-order chi connectivity index (χ1) is 12.3. The van der Waals surface area contributed by atoms with Crippen LogP contribution in [0.15, 0.2) is 109 Å². The quantitative estimate of drug-likeness (QED) is 0.446. The van der Waals surface area contributed by atoms with E-state index in [0.29, 0.717) is 0 Å². The minimum absolute atomic E-state index is 1.06. The molecule has 0 aromatic heterocycles. The second-order valence-electron chi connectivity index (χ2n) is 5.99. The van der Waals surface area contributed by atoms with Gasteiger partial charge in [-0.05, 0) is 23.2 Å². The van der Waals surface area contributed by atoms with Crippen molar-refractivity contribution < 1.29 is 0 Å². The topological polar surface area (TPSA) is 0 Å². The van der Waals surface area contributed by atoms with Crippen molar-refractivity contribution in [2.75, 3.05) is 0 Å². The van der Waals surface area contributed by atoms with E-state index in [4.69, 9.17) is 0 Å². The van der Waals surface area contributed by atoms with Crippen molar-refractivity contribution in [3.8, 4) is 0 Å². The van der Waals surface area contributed by atoms with Gasteiger partial charge in [-0.15, -0.1) is 0 Å². The van der Waals surface area contributed by atoms with E-state index in [1.54, 1.807) is 0 Å². The summed E-state index contributed by atoms with van der Waals surface area (Å²) in [5.41, 5.74) is 4.86. The monoisotopic (exact) mass is 344 g/mol. The second kappa shape index (κ2) is 10.5. The average molecular weight is 345 g/mol. The molecule has 0 fully saturated rings. The standard InChI is InChI=1S/C24H28Si/c1-3-5-7-15-21-25(22-16-8-6-4-2,23-17-11-9-12-18-23)24-19-13-10-14-20-24/h5-22H,3-4H2,1-2H3. The van der Waals surface area contributed by atoms with E-state index < -0.39 is 8.07 Å². The van der Waals surface area contributed by atoms with E-state index in [1.165, 1.54) is 10.4 Å². The fourth-order valence-corrected chi connectivity index (χ4v) is 6.41. The molecule has 2 aromatic rings. The van der Waals surface area contributed by atoms with Crippen LogP contribution in [0.1, 0.15) is 26.7 Å². The van der Waals surface area contributed by atoms with Gasteiger partial charge in [0.1, 0.15) is 0 Å². The average Bonchev–Trinajstić information content (AvgIpc) is 2.68. The van der Waals surface area contributed by atoms with Gasteiger partial charge in [-0.1, -0.05) is 122 Å². The summed E-state index contributed by atoms with van der Waals surface area (Å²) in [5.74, 6) is 0. The van der Waals surface area contributed by atoms with Crippen molar-refractivity contribution in [3.05, 3.63) is 109 Å². The zero-order valence-electron chi connectivity index (χ0n) is 15.3. The molecule has 0 spiro atoms. The Bertz CT molecular complexity index is 656. The SMILES string of the molecule is CCC=CC=C[Si](C=CC=CCC)(c1ccccc1)c1ccccc1. The molecule has 0 heterocycles. The van der Waals surface area contributed by atoms with Gasteiger partial charge in [0.25, 0.3) is 0 Å². The predicted molar refractivity (Wildman–Crippen MR) is 115 cm³/mol. The number of rotatable bonds is 8. The van der Waals surface area contributed by atoms with Crippen LogP contribution in [0.3, 0.4) is 0 Å². The van der Waals surface area contributed by atoms with Gasteiger partial charge in [0.2, 0.25) is 0 Å². The summed E-state index contributed by atoms with van der Waals surface area (Å²) in [5, 5.41) is 2.81. The highest BCUT2D eigenvalue weighted by Gasteiger charge is 2.31. The van der Waals surface area contributed by atoms with Gasteiger partial charge in [0, 0.05) is 0 Å². The maximum absolute atomic E-state index is 2.43. The van der Waals surface area contributed by atoms with E-state index in [0.717, 1.165) is 12.8 Å². The van der Waals surface area contributed by atoms with Crippen LogP contribution in [-0.4, -0.2) is 8.07 Å². The van der Waals surface area contributed by atoms with Crippen LogP contribution < -0.4 is 10.4 Å². The molecule has 25 heavy (non-hydrogen) atoms. The Morgan fingerprint density at radius 1 is 0.600 bits per heavy atom. The van der Waals surface area contributed by atoms with E-state index >= 15 is 0 Å². The molecular weight excluding hydrogens is 316 g/mol. The molecule has 0 N–H and O–H groups in total. The molecule has 0 nitrogen and oxygen atoms in total. The smallest absolute Gasteiger partial charge is 0.0848 e. The van der Waals surface area contributed by atoms with Crippen LogP contribution in [0.4, 0.5) is 0 Å². The highest BCUT2D eigenvalue weighted by Crippen LogP contribution is 2.11. The fourth-order valence-electron chi connectivity index (χ4n) is 2.88. The normalized spacial score (nSPS) is 12.9.